The number of benzene rings is 1. The van der Waals surface area contributed by atoms with E-state index in [2.05, 4.69) is 4.98 Å². The number of hydrogen-bond acceptors (Lipinski definition) is 3. The Morgan fingerprint density at radius 2 is 2.06 bits per heavy atom. The molecule has 0 aliphatic rings. The Bertz CT molecular complexity index is 635. The lowest BCUT2D eigenvalue weighted by molar-refractivity contribution is 0.565. The molecular formula is C12H11N3O. The van der Waals surface area contributed by atoms with Crippen LogP contribution in [0.15, 0.2) is 29.1 Å². The lowest BCUT2D eigenvalue weighted by Crippen LogP contribution is -2.25. The molecule has 0 radical (unpaired) electrons. The third-order valence-corrected chi connectivity index (χ3v) is 2.42. The zero-order valence-electron chi connectivity index (χ0n) is 9.14. The van der Waals surface area contributed by atoms with Gasteiger partial charge in [0.2, 0.25) is 5.82 Å². The van der Waals surface area contributed by atoms with Crippen LogP contribution < -0.4 is 5.56 Å². The zero-order chi connectivity index (χ0) is 11.7. The minimum Gasteiger partial charge on any atom is -0.281 e. The van der Waals surface area contributed by atoms with Crippen LogP contribution in [0.4, 0.5) is 0 Å². The molecule has 1 heterocycles. The Morgan fingerprint density at radius 1 is 1.38 bits per heavy atom. The van der Waals surface area contributed by atoms with Crippen molar-refractivity contribution in [1.29, 1.82) is 5.26 Å². The van der Waals surface area contributed by atoms with Gasteiger partial charge >= 0.3 is 0 Å². The van der Waals surface area contributed by atoms with Crippen molar-refractivity contribution in [3.05, 3.63) is 40.4 Å². The number of para-hydroxylation sites is 1. The standard InChI is InChI=1S/C12H11N3O/c1-8(2)15-11(7-13)14-10-6-4-3-5-9(10)12(15)16/h3-6,8H,1-2H3. The normalized spacial score (nSPS) is 10.6. The maximum Gasteiger partial charge on any atom is 0.262 e. The summed E-state index contributed by atoms with van der Waals surface area (Å²) in [5.41, 5.74) is 0.415. The van der Waals surface area contributed by atoms with Crippen molar-refractivity contribution in [3.8, 4) is 6.07 Å². The second kappa shape index (κ2) is 3.78. The largest absolute Gasteiger partial charge is 0.281 e. The first-order valence-electron chi connectivity index (χ1n) is 5.06. The first kappa shape index (κ1) is 10.4. The molecule has 0 bridgehead atoms. The Kier molecular flexibility index (Phi) is 2.45. The van der Waals surface area contributed by atoms with Gasteiger partial charge in [0.05, 0.1) is 10.9 Å². The van der Waals surface area contributed by atoms with Crippen molar-refractivity contribution < 1.29 is 0 Å². The molecule has 0 amide bonds. The quantitative estimate of drug-likeness (QED) is 0.726. The van der Waals surface area contributed by atoms with E-state index in [0.717, 1.165) is 0 Å². The highest BCUT2D eigenvalue weighted by Crippen LogP contribution is 2.10. The van der Waals surface area contributed by atoms with Crippen molar-refractivity contribution in [2.75, 3.05) is 0 Å². The van der Waals surface area contributed by atoms with Crippen LogP contribution in [0.25, 0.3) is 10.9 Å². The fraction of sp³-hybridized carbons (Fsp3) is 0.250. The highest BCUT2D eigenvalue weighted by atomic mass is 16.1. The molecule has 1 aromatic carbocycles. The van der Waals surface area contributed by atoms with E-state index >= 15 is 0 Å². The van der Waals surface area contributed by atoms with Crippen molar-refractivity contribution in [1.82, 2.24) is 9.55 Å². The van der Waals surface area contributed by atoms with Crippen LogP contribution in [-0.2, 0) is 0 Å². The molecule has 0 aliphatic carbocycles. The van der Waals surface area contributed by atoms with Crippen LogP contribution in [0.1, 0.15) is 25.7 Å². The number of nitriles is 1. The van der Waals surface area contributed by atoms with Crippen LogP contribution >= 0.6 is 0 Å². The van der Waals surface area contributed by atoms with E-state index in [9.17, 15) is 4.79 Å². The van der Waals surface area contributed by atoms with Crippen LogP contribution in [0.5, 0.6) is 0 Å². The molecule has 0 atom stereocenters. The Labute approximate surface area is 92.8 Å². The minimum absolute atomic E-state index is 0.0701. The highest BCUT2D eigenvalue weighted by molar-refractivity contribution is 5.77. The van der Waals surface area contributed by atoms with Gasteiger partial charge in [-0.05, 0) is 26.0 Å². The van der Waals surface area contributed by atoms with Gasteiger partial charge in [0, 0.05) is 6.04 Å². The van der Waals surface area contributed by atoms with E-state index in [-0.39, 0.29) is 17.4 Å². The first-order chi connectivity index (χ1) is 7.65. The fourth-order valence-electron chi connectivity index (χ4n) is 1.70. The summed E-state index contributed by atoms with van der Waals surface area (Å²) in [5, 5.41) is 9.53. The van der Waals surface area contributed by atoms with Gasteiger partial charge in [-0.1, -0.05) is 12.1 Å². The summed E-state index contributed by atoms with van der Waals surface area (Å²) in [6, 6.07) is 8.95. The number of nitrogens with zero attached hydrogens (tertiary/aromatic N) is 3. The smallest absolute Gasteiger partial charge is 0.262 e. The second-order valence-corrected chi connectivity index (χ2v) is 3.83. The first-order valence-corrected chi connectivity index (χ1v) is 5.06. The third-order valence-electron chi connectivity index (χ3n) is 2.42. The average molecular weight is 213 g/mol. The van der Waals surface area contributed by atoms with Crippen molar-refractivity contribution in [3.63, 3.8) is 0 Å². The SMILES string of the molecule is CC(C)n1c(C#N)nc2ccccc2c1=O. The molecule has 4 nitrogen and oxygen atoms in total. The van der Waals surface area contributed by atoms with E-state index in [1.807, 2.05) is 19.9 Å². The second-order valence-electron chi connectivity index (χ2n) is 3.83. The molecular weight excluding hydrogens is 202 g/mol. The van der Waals surface area contributed by atoms with E-state index in [1.165, 1.54) is 4.57 Å². The summed E-state index contributed by atoms with van der Waals surface area (Å²) >= 11 is 0. The van der Waals surface area contributed by atoms with E-state index < -0.39 is 0 Å². The average Bonchev–Trinajstić information content (AvgIpc) is 2.28. The Balaban J connectivity index is 2.95. The lowest BCUT2D eigenvalue weighted by atomic mass is 10.2. The summed E-state index contributed by atoms with van der Waals surface area (Å²) in [7, 11) is 0. The summed E-state index contributed by atoms with van der Waals surface area (Å²) in [6.45, 7) is 3.72. The van der Waals surface area contributed by atoms with Gasteiger partial charge < -0.3 is 0 Å². The molecule has 0 fully saturated rings. The maximum atomic E-state index is 12.1. The van der Waals surface area contributed by atoms with Crippen LogP contribution in [0.3, 0.4) is 0 Å². The molecule has 2 aromatic rings. The van der Waals surface area contributed by atoms with Crippen LogP contribution in [0.2, 0.25) is 0 Å². The summed E-state index contributed by atoms with van der Waals surface area (Å²) in [5.74, 6) is 0.165. The van der Waals surface area contributed by atoms with Crippen LogP contribution in [0, 0.1) is 11.3 Å². The molecule has 1 aromatic heterocycles. The number of fused-ring (bicyclic) bond motifs is 1. The van der Waals surface area contributed by atoms with E-state index in [1.54, 1.807) is 24.3 Å². The molecule has 2 rings (SSSR count). The minimum atomic E-state index is -0.155. The van der Waals surface area contributed by atoms with E-state index in [4.69, 9.17) is 5.26 Å². The number of hydrogen-bond donors (Lipinski definition) is 0. The molecule has 0 aliphatic heterocycles. The van der Waals surface area contributed by atoms with Crippen molar-refractivity contribution in [2.24, 2.45) is 0 Å². The third kappa shape index (κ3) is 1.47. The molecule has 80 valence electrons. The lowest BCUT2D eigenvalue weighted by Gasteiger charge is -2.11. The molecule has 4 heteroatoms. The number of aromatic nitrogens is 2. The fourth-order valence-corrected chi connectivity index (χ4v) is 1.70. The van der Waals surface area contributed by atoms with Gasteiger partial charge in [-0.2, -0.15) is 5.26 Å². The molecule has 0 unspecified atom stereocenters. The highest BCUT2D eigenvalue weighted by Gasteiger charge is 2.12. The van der Waals surface area contributed by atoms with Gasteiger partial charge in [-0.15, -0.1) is 0 Å². The number of rotatable bonds is 1. The Morgan fingerprint density at radius 3 is 2.69 bits per heavy atom. The molecule has 0 saturated heterocycles. The van der Waals surface area contributed by atoms with Gasteiger partial charge in [0.1, 0.15) is 6.07 Å². The summed E-state index contributed by atoms with van der Waals surface area (Å²) in [6.07, 6.45) is 0. The summed E-state index contributed by atoms with van der Waals surface area (Å²) in [4.78, 5) is 16.3. The molecule has 16 heavy (non-hydrogen) atoms. The zero-order valence-corrected chi connectivity index (χ0v) is 9.14. The monoisotopic (exact) mass is 213 g/mol. The maximum absolute atomic E-state index is 12.1. The molecule has 0 spiro atoms. The van der Waals surface area contributed by atoms with Crippen LogP contribution in [-0.4, -0.2) is 9.55 Å². The van der Waals surface area contributed by atoms with Crippen molar-refractivity contribution in [2.45, 2.75) is 19.9 Å². The molecule has 0 N–H and O–H groups in total. The van der Waals surface area contributed by atoms with Gasteiger partial charge in [-0.3, -0.25) is 9.36 Å². The molecule has 0 saturated carbocycles. The van der Waals surface area contributed by atoms with Gasteiger partial charge in [0.25, 0.3) is 5.56 Å². The predicted octanol–water partition coefficient (Wildman–Crippen LogP) is 1.85. The van der Waals surface area contributed by atoms with Gasteiger partial charge in [0.15, 0.2) is 0 Å². The Hall–Kier alpha value is -2.15. The summed E-state index contributed by atoms with van der Waals surface area (Å²) < 4.78 is 1.42. The van der Waals surface area contributed by atoms with Crippen molar-refractivity contribution >= 4 is 10.9 Å². The van der Waals surface area contributed by atoms with Gasteiger partial charge in [-0.25, -0.2) is 4.98 Å². The van der Waals surface area contributed by atoms with E-state index in [0.29, 0.717) is 10.9 Å². The topological polar surface area (TPSA) is 58.7 Å². The predicted molar refractivity (Wildman–Crippen MR) is 61.1 cm³/mol.